The largest absolute Gasteiger partial charge is 0.382 e. The lowest BCUT2D eigenvalue weighted by Gasteiger charge is -2.20. The third kappa shape index (κ3) is 0.684. The Morgan fingerprint density at radius 3 is 2.27 bits per heavy atom. The van der Waals surface area contributed by atoms with Crippen molar-refractivity contribution in [2.24, 2.45) is 17.3 Å². The van der Waals surface area contributed by atoms with Crippen LogP contribution in [0.1, 0.15) is 27.2 Å². The van der Waals surface area contributed by atoms with Gasteiger partial charge in [-0.25, -0.2) is 0 Å². The second kappa shape index (κ2) is 1.53. The highest BCUT2D eigenvalue weighted by Crippen LogP contribution is 2.67. The summed E-state index contributed by atoms with van der Waals surface area (Å²) < 4.78 is 0. The molecule has 1 N–H and O–H groups in total. The average molecular weight is 154 g/mol. The van der Waals surface area contributed by atoms with Gasteiger partial charge in [0, 0.05) is 5.92 Å². The van der Waals surface area contributed by atoms with Crippen LogP contribution in [0.4, 0.5) is 0 Å². The first-order chi connectivity index (χ1) is 4.87. The first kappa shape index (κ1) is 7.29. The van der Waals surface area contributed by atoms with Crippen molar-refractivity contribution < 1.29 is 9.90 Å². The minimum atomic E-state index is -1.01. The molecule has 2 saturated carbocycles. The molecule has 0 bridgehead atoms. The van der Waals surface area contributed by atoms with Crippen LogP contribution >= 0.6 is 0 Å². The van der Waals surface area contributed by atoms with E-state index in [0.717, 1.165) is 0 Å². The summed E-state index contributed by atoms with van der Waals surface area (Å²) in [5, 5.41) is 9.55. The molecule has 0 aromatic heterocycles. The predicted octanol–water partition coefficient (Wildman–Crippen LogP) is 0.982. The average Bonchev–Trinajstić information content (AvgIpc) is 2.18. The quantitative estimate of drug-likeness (QED) is 0.564. The predicted molar refractivity (Wildman–Crippen MR) is 41.0 cm³/mol. The number of ketones is 1. The van der Waals surface area contributed by atoms with Crippen molar-refractivity contribution in [1.29, 1.82) is 0 Å². The maximum atomic E-state index is 11.4. The number of fused-ring (bicyclic) bond motifs is 1. The molecule has 3 atom stereocenters. The van der Waals surface area contributed by atoms with Gasteiger partial charge in [-0.2, -0.15) is 0 Å². The first-order valence-electron chi connectivity index (χ1n) is 4.14. The summed E-state index contributed by atoms with van der Waals surface area (Å²) in [6.07, 6.45) is 0.670. The number of rotatable bonds is 0. The molecular formula is C9H14O2. The van der Waals surface area contributed by atoms with E-state index in [4.69, 9.17) is 0 Å². The highest BCUT2D eigenvalue weighted by molar-refractivity contribution is 5.95. The summed E-state index contributed by atoms with van der Waals surface area (Å²) in [5.41, 5.74) is -0.829. The second-order valence-electron chi connectivity index (χ2n) is 4.75. The van der Waals surface area contributed by atoms with Gasteiger partial charge in [-0.05, 0) is 24.7 Å². The molecule has 3 unspecified atom stereocenters. The number of hydrogen-bond acceptors (Lipinski definition) is 2. The van der Waals surface area contributed by atoms with E-state index < -0.39 is 5.60 Å². The SMILES string of the molecule is CC1(O)CC2C(C1=O)C2(C)C. The maximum absolute atomic E-state index is 11.4. The van der Waals surface area contributed by atoms with Crippen LogP contribution in [0.3, 0.4) is 0 Å². The lowest BCUT2D eigenvalue weighted by Crippen LogP contribution is -2.34. The number of carbonyl (C=O) groups is 1. The standard InChI is InChI=1S/C9H14O2/c1-8(2)5-4-9(3,11)7(10)6(5)8/h5-6,11H,4H2,1-3H3. The highest BCUT2D eigenvalue weighted by atomic mass is 16.3. The van der Waals surface area contributed by atoms with Crippen molar-refractivity contribution in [3.8, 4) is 0 Å². The summed E-state index contributed by atoms with van der Waals surface area (Å²) in [7, 11) is 0. The van der Waals surface area contributed by atoms with Crippen LogP contribution in [0, 0.1) is 17.3 Å². The van der Waals surface area contributed by atoms with Crippen LogP contribution < -0.4 is 0 Å². The molecule has 0 spiro atoms. The van der Waals surface area contributed by atoms with Gasteiger partial charge in [0.2, 0.25) is 0 Å². The van der Waals surface area contributed by atoms with Gasteiger partial charge >= 0.3 is 0 Å². The van der Waals surface area contributed by atoms with Gasteiger partial charge in [-0.15, -0.1) is 0 Å². The fraction of sp³-hybridized carbons (Fsp3) is 0.889. The van der Waals surface area contributed by atoms with Crippen LogP contribution in [0.2, 0.25) is 0 Å². The van der Waals surface area contributed by atoms with Crippen LogP contribution in [-0.4, -0.2) is 16.5 Å². The molecule has 62 valence electrons. The van der Waals surface area contributed by atoms with Crippen molar-refractivity contribution in [2.75, 3.05) is 0 Å². The molecule has 2 aliphatic rings. The topological polar surface area (TPSA) is 37.3 Å². The van der Waals surface area contributed by atoms with Gasteiger partial charge < -0.3 is 5.11 Å². The van der Waals surface area contributed by atoms with Crippen molar-refractivity contribution >= 4 is 5.78 Å². The lowest BCUT2D eigenvalue weighted by molar-refractivity contribution is -0.135. The monoisotopic (exact) mass is 154 g/mol. The Kier molecular flexibility index (Phi) is 1.02. The first-order valence-corrected chi connectivity index (χ1v) is 4.14. The zero-order valence-corrected chi connectivity index (χ0v) is 7.22. The third-order valence-corrected chi connectivity index (χ3v) is 3.48. The molecule has 11 heavy (non-hydrogen) atoms. The van der Waals surface area contributed by atoms with Gasteiger partial charge in [-0.3, -0.25) is 4.79 Å². The van der Waals surface area contributed by atoms with Gasteiger partial charge in [0.25, 0.3) is 0 Å². The molecule has 0 aliphatic heterocycles. The van der Waals surface area contributed by atoms with E-state index in [1.165, 1.54) is 0 Å². The Hall–Kier alpha value is -0.370. The van der Waals surface area contributed by atoms with Crippen molar-refractivity contribution in [1.82, 2.24) is 0 Å². The molecule has 2 nitrogen and oxygen atoms in total. The lowest BCUT2D eigenvalue weighted by atomic mass is 9.90. The maximum Gasteiger partial charge on any atom is 0.167 e. The van der Waals surface area contributed by atoms with Crippen LogP contribution in [0.25, 0.3) is 0 Å². The fourth-order valence-corrected chi connectivity index (χ4v) is 2.51. The summed E-state index contributed by atoms with van der Waals surface area (Å²) in [4.78, 5) is 11.4. The van der Waals surface area contributed by atoms with Crippen LogP contribution in [0.5, 0.6) is 0 Å². The summed E-state index contributed by atoms with van der Waals surface area (Å²) in [6, 6.07) is 0. The smallest absolute Gasteiger partial charge is 0.167 e. The van der Waals surface area contributed by atoms with Gasteiger partial charge in [0.15, 0.2) is 5.78 Å². The van der Waals surface area contributed by atoms with Crippen molar-refractivity contribution in [2.45, 2.75) is 32.8 Å². The Morgan fingerprint density at radius 1 is 1.45 bits per heavy atom. The van der Waals surface area contributed by atoms with E-state index in [9.17, 15) is 9.90 Å². The number of carbonyl (C=O) groups excluding carboxylic acids is 1. The molecule has 0 heterocycles. The normalized spacial score (nSPS) is 52.5. The van der Waals surface area contributed by atoms with E-state index in [1.807, 2.05) is 0 Å². The Labute approximate surface area is 66.6 Å². The number of hydrogen-bond donors (Lipinski definition) is 1. The second-order valence-corrected chi connectivity index (χ2v) is 4.75. The van der Waals surface area contributed by atoms with E-state index >= 15 is 0 Å². The summed E-state index contributed by atoms with van der Waals surface area (Å²) in [6.45, 7) is 5.85. The van der Waals surface area contributed by atoms with Crippen molar-refractivity contribution in [3.63, 3.8) is 0 Å². The van der Waals surface area contributed by atoms with E-state index in [0.29, 0.717) is 12.3 Å². The van der Waals surface area contributed by atoms with Gasteiger partial charge in [0.05, 0.1) is 0 Å². The minimum Gasteiger partial charge on any atom is -0.382 e. The zero-order valence-electron chi connectivity index (χ0n) is 7.22. The highest BCUT2D eigenvalue weighted by Gasteiger charge is 2.70. The molecule has 0 radical (unpaired) electrons. The molecule has 0 aromatic carbocycles. The Balaban J connectivity index is 2.25. The fourth-order valence-electron chi connectivity index (χ4n) is 2.51. The Morgan fingerprint density at radius 2 is 2.00 bits per heavy atom. The molecule has 0 aromatic rings. The van der Waals surface area contributed by atoms with E-state index in [2.05, 4.69) is 13.8 Å². The summed E-state index contributed by atoms with van der Waals surface area (Å²) >= 11 is 0. The van der Waals surface area contributed by atoms with Crippen LogP contribution in [0.15, 0.2) is 0 Å². The van der Waals surface area contributed by atoms with E-state index in [-0.39, 0.29) is 17.1 Å². The zero-order chi connectivity index (χ0) is 8.44. The molecule has 2 fully saturated rings. The molecular weight excluding hydrogens is 140 g/mol. The van der Waals surface area contributed by atoms with Gasteiger partial charge in [-0.1, -0.05) is 13.8 Å². The van der Waals surface area contributed by atoms with Crippen LogP contribution in [-0.2, 0) is 4.79 Å². The van der Waals surface area contributed by atoms with Crippen molar-refractivity contribution in [3.05, 3.63) is 0 Å². The number of Topliss-reactive ketones (excluding diaryl/α,β-unsaturated/α-hetero) is 1. The third-order valence-electron chi connectivity index (χ3n) is 3.48. The summed E-state index contributed by atoms with van der Waals surface area (Å²) in [5.74, 6) is 0.662. The molecule has 0 amide bonds. The van der Waals surface area contributed by atoms with Gasteiger partial charge in [0.1, 0.15) is 5.60 Å². The molecule has 2 heteroatoms. The van der Waals surface area contributed by atoms with E-state index in [1.54, 1.807) is 6.92 Å². The number of aliphatic hydroxyl groups is 1. The Bertz CT molecular complexity index is 228. The molecule has 2 rings (SSSR count). The molecule has 2 aliphatic carbocycles. The molecule has 0 saturated heterocycles. The minimum absolute atomic E-state index is 0.0625.